The fourth-order valence-electron chi connectivity index (χ4n) is 3.57. The normalized spacial score (nSPS) is 18.0. The molecule has 136 valence electrons. The van der Waals surface area contributed by atoms with Gasteiger partial charge in [0.15, 0.2) is 0 Å². The van der Waals surface area contributed by atoms with Gasteiger partial charge in [-0.25, -0.2) is 13.2 Å². The molecule has 0 unspecified atom stereocenters. The number of rotatable bonds is 2. The zero-order valence-corrected chi connectivity index (χ0v) is 15.2. The summed E-state index contributed by atoms with van der Waals surface area (Å²) in [5.74, 6) is 0. The molecule has 26 heavy (non-hydrogen) atoms. The number of para-hydroxylation sites is 1. The molecule has 2 aliphatic rings. The van der Waals surface area contributed by atoms with E-state index in [1.165, 1.54) is 9.87 Å². The van der Waals surface area contributed by atoms with Crippen LogP contribution in [-0.4, -0.2) is 56.4 Å². The number of urea groups is 1. The summed E-state index contributed by atoms with van der Waals surface area (Å²) in [5.41, 5.74) is 2.16. The summed E-state index contributed by atoms with van der Waals surface area (Å²) in [6.07, 6.45) is 0.865. The van der Waals surface area contributed by atoms with Gasteiger partial charge in [0.25, 0.3) is 0 Å². The quantitative estimate of drug-likeness (QED) is 0.813. The summed E-state index contributed by atoms with van der Waals surface area (Å²) in [5, 5.41) is 0. The fourth-order valence-corrected chi connectivity index (χ4v) is 5.01. The maximum Gasteiger partial charge on any atom is 0.324 e. The van der Waals surface area contributed by atoms with Gasteiger partial charge in [-0.2, -0.15) is 4.31 Å². The highest BCUT2D eigenvalue weighted by atomic mass is 32.2. The number of hydrogen-bond acceptors (Lipinski definition) is 3. The monoisotopic (exact) mass is 371 g/mol. The van der Waals surface area contributed by atoms with Crippen LogP contribution < -0.4 is 4.90 Å². The molecule has 0 bridgehead atoms. The predicted octanol–water partition coefficient (Wildman–Crippen LogP) is 2.18. The molecule has 2 aromatic carbocycles. The molecule has 0 saturated carbocycles. The molecule has 0 N–H and O–H groups in total. The van der Waals surface area contributed by atoms with Gasteiger partial charge in [0, 0.05) is 38.4 Å². The second-order valence-corrected chi connectivity index (χ2v) is 8.46. The highest BCUT2D eigenvalue weighted by Crippen LogP contribution is 2.28. The van der Waals surface area contributed by atoms with Crippen LogP contribution in [0.2, 0.25) is 0 Å². The molecule has 0 spiro atoms. The Balaban J connectivity index is 1.44. The first-order valence-corrected chi connectivity index (χ1v) is 10.2. The molecular weight excluding hydrogens is 350 g/mol. The predicted molar refractivity (Wildman–Crippen MR) is 99.7 cm³/mol. The van der Waals surface area contributed by atoms with Crippen molar-refractivity contribution in [2.24, 2.45) is 0 Å². The number of hydrogen-bond donors (Lipinski definition) is 0. The van der Waals surface area contributed by atoms with Crippen LogP contribution in [0.1, 0.15) is 5.56 Å². The molecule has 0 atom stereocenters. The smallest absolute Gasteiger partial charge is 0.322 e. The Bertz CT molecular complexity index is 907. The second-order valence-electron chi connectivity index (χ2n) is 6.52. The average Bonchev–Trinajstić information content (AvgIpc) is 3.12. The number of nitrogens with zero attached hydrogens (tertiary/aromatic N) is 3. The average molecular weight is 371 g/mol. The van der Waals surface area contributed by atoms with Crippen molar-refractivity contribution in [1.29, 1.82) is 0 Å². The van der Waals surface area contributed by atoms with Crippen molar-refractivity contribution in [2.75, 3.05) is 37.6 Å². The van der Waals surface area contributed by atoms with E-state index in [1.807, 2.05) is 24.3 Å². The van der Waals surface area contributed by atoms with Crippen molar-refractivity contribution in [2.45, 2.75) is 11.3 Å². The third-order valence-electron chi connectivity index (χ3n) is 5.01. The van der Waals surface area contributed by atoms with Crippen molar-refractivity contribution in [3.05, 3.63) is 60.2 Å². The maximum atomic E-state index is 12.9. The first-order chi connectivity index (χ1) is 12.6. The largest absolute Gasteiger partial charge is 0.324 e. The molecule has 2 aromatic rings. The zero-order chi connectivity index (χ0) is 18.1. The summed E-state index contributed by atoms with van der Waals surface area (Å²) in [6.45, 7) is 2.13. The van der Waals surface area contributed by atoms with E-state index < -0.39 is 10.0 Å². The first kappa shape index (κ1) is 17.1. The Morgan fingerprint density at radius 1 is 0.808 bits per heavy atom. The third-order valence-corrected chi connectivity index (χ3v) is 6.92. The van der Waals surface area contributed by atoms with Gasteiger partial charge in [-0.1, -0.05) is 36.4 Å². The lowest BCUT2D eigenvalue weighted by atomic mass is 10.2. The minimum absolute atomic E-state index is 0.0355. The number of anilines is 1. The molecule has 0 aromatic heterocycles. The molecule has 0 radical (unpaired) electrons. The van der Waals surface area contributed by atoms with E-state index in [1.54, 1.807) is 40.1 Å². The third kappa shape index (κ3) is 2.97. The van der Waals surface area contributed by atoms with E-state index in [-0.39, 0.29) is 6.03 Å². The van der Waals surface area contributed by atoms with Crippen LogP contribution in [0.5, 0.6) is 0 Å². The minimum atomic E-state index is -3.50. The van der Waals surface area contributed by atoms with Crippen LogP contribution in [0.15, 0.2) is 59.5 Å². The van der Waals surface area contributed by atoms with Gasteiger partial charge in [-0.15, -0.1) is 0 Å². The standard InChI is InChI=1S/C19H21N3O3S/c23-19(22-11-10-16-6-4-5-9-18(16)22)20-12-14-21(15-13-20)26(24,25)17-7-2-1-3-8-17/h1-9H,10-15H2. The van der Waals surface area contributed by atoms with Gasteiger partial charge in [0.05, 0.1) is 4.90 Å². The first-order valence-electron chi connectivity index (χ1n) is 8.77. The van der Waals surface area contributed by atoms with Gasteiger partial charge in [0.1, 0.15) is 0 Å². The molecule has 7 heteroatoms. The van der Waals surface area contributed by atoms with Gasteiger partial charge < -0.3 is 4.90 Å². The Labute approximate surface area is 153 Å². The topological polar surface area (TPSA) is 60.9 Å². The summed E-state index contributed by atoms with van der Waals surface area (Å²) >= 11 is 0. The van der Waals surface area contributed by atoms with Crippen LogP contribution >= 0.6 is 0 Å². The van der Waals surface area contributed by atoms with E-state index in [0.29, 0.717) is 37.6 Å². The number of benzene rings is 2. The Hall–Kier alpha value is -2.38. The van der Waals surface area contributed by atoms with Crippen molar-refractivity contribution in [3.8, 4) is 0 Å². The van der Waals surface area contributed by atoms with Gasteiger partial charge in [-0.3, -0.25) is 4.90 Å². The number of amides is 2. The molecule has 4 rings (SSSR count). The van der Waals surface area contributed by atoms with Crippen LogP contribution in [-0.2, 0) is 16.4 Å². The second kappa shape index (κ2) is 6.74. The zero-order valence-electron chi connectivity index (χ0n) is 14.4. The van der Waals surface area contributed by atoms with E-state index >= 15 is 0 Å². The minimum Gasteiger partial charge on any atom is -0.322 e. The summed E-state index contributed by atoms with van der Waals surface area (Å²) in [6, 6.07) is 16.4. The summed E-state index contributed by atoms with van der Waals surface area (Å²) in [7, 11) is -3.50. The van der Waals surface area contributed by atoms with Crippen molar-refractivity contribution in [3.63, 3.8) is 0 Å². The molecule has 2 amide bonds. The number of piperazine rings is 1. The fraction of sp³-hybridized carbons (Fsp3) is 0.316. The van der Waals surface area contributed by atoms with Crippen LogP contribution in [0, 0.1) is 0 Å². The van der Waals surface area contributed by atoms with Crippen molar-refractivity contribution in [1.82, 2.24) is 9.21 Å². The molecule has 1 saturated heterocycles. The van der Waals surface area contributed by atoms with E-state index in [2.05, 4.69) is 0 Å². The highest BCUT2D eigenvalue weighted by molar-refractivity contribution is 7.89. The van der Waals surface area contributed by atoms with Crippen molar-refractivity contribution < 1.29 is 13.2 Å². The van der Waals surface area contributed by atoms with E-state index in [0.717, 1.165) is 12.1 Å². The Morgan fingerprint density at radius 3 is 2.19 bits per heavy atom. The SMILES string of the molecule is O=C(N1CCN(S(=O)(=O)c2ccccc2)CC1)N1CCc2ccccc21. The molecule has 1 fully saturated rings. The van der Waals surface area contributed by atoms with Gasteiger partial charge >= 0.3 is 6.03 Å². The lowest BCUT2D eigenvalue weighted by molar-refractivity contribution is 0.178. The van der Waals surface area contributed by atoms with E-state index in [9.17, 15) is 13.2 Å². The number of carbonyl (C=O) groups is 1. The molecular formula is C19H21N3O3S. The summed E-state index contributed by atoms with van der Waals surface area (Å²) in [4.78, 5) is 16.7. The van der Waals surface area contributed by atoms with Crippen molar-refractivity contribution >= 4 is 21.7 Å². The van der Waals surface area contributed by atoms with E-state index in [4.69, 9.17) is 0 Å². The van der Waals surface area contributed by atoms with Crippen LogP contribution in [0.25, 0.3) is 0 Å². The van der Waals surface area contributed by atoms with Gasteiger partial charge in [0.2, 0.25) is 10.0 Å². The maximum absolute atomic E-state index is 12.9. The number of fused-ring (bicyclic) bond motifs is 1. The van der Waals surface area contributed by atoms with Crippen LogP contribution in [0.4, 0.5) is 10.5 Å². The number of sulfonamides is 1. The molecule has 2 aliphatic heterocycles. The molecule has 0 aliphatic carbocycles. The molecule has 6 nitrogen and oxygen atoms in total. The summed E-state index contributed by atoms with van der Waals surface area (Å²) < 4.78 is 26.9. The highest BCUT2D eigenvalue weighted by Gasteiger charge is 2.33. The molecule has 2 heterocycles. The van der Waals surface area contributed by atoms with Gasteiger partial charge in [-0.05, 0) is 30.2 Å². The number of carbonyl (C=O) groups excluding carboxylic acids is 1. The van der Waals surface area contributed by atoms with Crippen LogP contribution in [0.3, 0.4) is 0 Å². The Morgan fingerprint density at radius 2 is 1.46 bits per heavy atom. The Kier molecular flexibility index (Phi) is 4.42. The lowest BCUT2D eigenvalue weighted by Gasteiger charge is -2.36. The lowest BCUT2D eigenvalue weighted by Crippen LogP contribution is -2.53.